The van der Waals surface area contributed by atoms with Crippen LogP contribution in [0.3, 0.4) is 0 Å². The molecule has 27 heavy (non-hydrogen) atoms. The zero-order valence-electron chi connectivity index (χ0n) is 16.3. The summed E-state index contributed by atoms with van der Waals surface area (Å²) in [6, 6.07) is 3.92. The van der Waals surface area contributed by atoms with Gasteiger partial charge in [-0.25, -0.2) is 4.98 Å². The number of methoxy groups -OCH3 is 3. The maximum atomic E-state index is 5.45. The molecular weight excluding hydrogens is 360 g/mol. The molecule has 5 nitrogen and oxygen atoms in total. The molecule has 0 fully saturated rings. The molecule has 0 bridgehead atoms. The van der Waals surface area contributed by atoms with Gasteiger partial charge in [-0.15, -0.1) is 11.3 Å². The molecule has 1 aromatic heterocycles. The Morgan fingerprint density at radius 2 is 1.85 bits per heavy atom. The van der Waals surface area contributed by atoms with Crippen LogP contribution in [0.4, 0.5) is 0 Å². The van der Waals surface area contributed by atoms with Gasteiger partial charge in [0, 0.05) is 18.3 Å². The molecule has 0 radical (unpaired) electrons. The van der Waals surface area contributed by atoms with Crippen molar-refractivity contribution in [3.63, 3.8) is 0 Å². The van der Waals surface area contributed by atoms with E-state index in [1.165, 1.54) is 25.7 Å². The Morgan fingerprint density at radius 3 is 2.48 bits per heavy atom. The minimum absolute atomic E-state index is 0.604. The number of nitrogens with one attached hydrogen (secondary N) is 1. The van der Waals surface area contributed by atoms with Crippen LogP contribution in [0.2, 0.25) is 0 Å². The van der Waals surface area contributed by atoms with Crippen LogP contribution in [-0.4, -0.2) is 32.9 Å². The number of nitrogens with zero attached hydrogens (tertiary/aromatic N) is 1. The van der Waals surface area contributed by atoms with Gasteiger partial charge in [0.2, 0.25) is 5.75 Å². The Kier molecular flexibility index (Phi) is 7.12. The van der Waals surface area contributed by atoms with Crippen LogP contribution in [-0.2, 0) is 6.54 Å². The highest BCUT2D eigenvalue weighted by molar-refractivity contribution is 7.15. The van der Waals surface area contributed by atoms with Crippen molar-refractivity contribution < 1.29 is 14.2 Å². The van der Waals surface area contributed by atoms with Gasteiger partial charge in [-0.05, 0) is 50.8 Å². The number of hydrogen-bond acceptors (Lipinski definition) is 6. The van der Waals surface area contributed by atoms with E-state index >= 15 is 0 Å². The Bertz CT molecular complexity index is 760. The SMILES string of the molecule is COc1cc(-c2cnc(CNCCC3=CCCCC3)s2)cc(OC)c1OC. The van der Waals surface area contributed by atoms with Gasteiger partial charge in [-0.1, -0.05) is 11.6 Å². The summed E-state index contributed by atoms with van der Waals surface area (Å²) in [5.41, 5.74) is 2.62. The molecule has 0 spiro atoms. The first-order valence-corrected chi connectivity index (χ1v) is 10.2. The molecule has 0 aliphatic heterocycles. The lowest BCUT2D eigenvalue weighted by Crippen LogP contribution is -2.15. The van der Waals surface area contributed by atoms with Gasteiger partial charge in [-0.3, -0.25) is 0 Å². The van der Waals surface area contributed by atoms with E-state index in [0.717, 1.165) is 35.0 Å². The monoisotopic (exact) mass is 388 g/mol. The van der Waals surface area contributed by atoms with Crippen molar-refractivity contribution in [1.29, 1.82) is 0 Å². The van der Waals surface area contributed by atoms with E-state index in [1.807, 2.05) is 18.3 Å². The van der Waals surface area contributed by atoms with Crippen molar-refractivity contribution in [3.05, 3.63) is 35.0 Å². The van der Waals surface area contributed by atoms with Crippen LogP contribution < -0.4 is 19.5 Å². The van der Waals surface area contributed by atoms with Crippen molar-refractivity contribution >= 4 is 11.3 Å². The summed E-state index contributed by atoms with van der Waals surface area (Å²) in [4.78, 5) is 5.64. The van der Waals surface area contributed by atoms with E-state index in [9.17, 15) is 0 Å². The van der Waals surface area contributed by atoms with E-state index in [-0.39, 0.29) is 0 Å². The van der Waals surface area contributed by atoms with Crippen LogP contribution in [0.15, 0.2) is 30.0 Å². The lowest BCUT2D eigenvalue weighted by Gasteiger charge is -2.13. The molecular formula is C21H28N2O3S. The zero-order valence-corrected chi connectivity index (χ0v) is 17.2. The number of allylic oxidation sites excluding steroid dienone is 1. The third-order valence-corrected chi connectivity index (χ3v) is 5.83. The number of aromatic nitrogens is 1. The van der Waals surface area contributed by atoms with Gasteiger partial charge < -0.3 is 19.5 Å². The van der Waals surface area contributed by atoms with Gasteiger partial charge in [0.05, 0.1) is 26.2 Å². The fourth-order valence-electron chi connectivity index (χ4n) is 3.32. The Balaban J connectivity index is 1.62. The van der Waals surface area contributed by atoms with Gasteiger partial charge in [0.25, 0.3) is 0 Å². The maximum Gasteiger partial charge on any atom is 0.203 e. The Hall–Kier alpha value is -2.05. The van der Waals surface area contributed by atoms with E-state index in [4.69, 9.17) is 14.2 Å². The van der Waals surface area contributed by atoms with Gasteiger partial charge in [0.1, 0.15) is 5.01 Å². The van der Waals surface area contributed by atoms with Crippen LogP contribution in [0.1, 0.15) is 37.1 Å². The molecule has 0 atom stereocenters. The molecule has 0 unspecified atom stereocenters. The van der Waals surface area contributed by atoms with Crippen molar-refractivity contribution in [2.75, 3.05) is 27.9 Å². The van der Waals surface area contributed by atoms with E-state index in [0.29, 0.717) is 17.2 Å². The molecule has 1 heterocycles. The van der Waals surface area contributed by atoms with Gasteiger partial charge >= 0.3 is 0 Å². The van der Waals surface area contributed by atoms with Crippen LogP contribution in [0.5, 0.6) is 17.2 Å². The van der Waals surface area contributed by atoms with Crippen LogP contribution >= 0.6 is 11.3 Å². The smallest absolute Gasteiger partial charge is 0.203 e. The average molecular weight is 389 g/mol. The second kappa shape index (κ2) is 9.76. The molecule has 0 saturated carbocycles. The molecule has 1 N–H and O–H groups in total. The number of thiazole rings is 1. The summed E-state index contributed by atoms with van der Waals surface area (Å²) in [7, 11) is 4.87. The molecule has 6 heteroatoms. The molecule has 2 aromatic rings. The third kappa shape index (κ3) is 5.02. The number of benzene rings is 1. The highest BCUT2D eigenvalue weighted by Gasteiger charge is 2.15. The Labute approximate surface area is 165 Å². The van der Waals surface area contributed by atoms with Crippen molar-refractivity contribution in [3.8, 4) is 27.7 Å². The van der Waals surface area contributed by atoms with Crippen molar-refractivity contribution in [2.24, 2.45) is 0 Å². The first-order chi connectivity index (χ1) is 13.2. The number of ether oxygens (including phenoxy) is 3. The largest absolute Gasteiger partial charge is 0.493 e. The van der Waals surface area contributed by atoms with E-state index < -0.39 is 0 Å². The van der Waals surface area contributed by atoms with Gasteiger partial charge in [-0.2, -0.15) is 0 Å². The molecule has 146 valence electrons. The lowest BCUT2D eigenvalue weighted by molar-refractivity contribution is 0.324. The fourth-order valence-corrected chi connectivity index (χ4v) is 4.20. The minimum Gasteiger partial charge on any atom is -0.493 e. The normalized spacial score (nSPS) is 14.0. The number of rotatable bonds is 9. The topological polar surface area (TPSA) is 52.6 Å². The van der Waals surface area contributed by atoms with Crippen molar-refractivity contribution in [1.82, 2.24) is 10.3 Å². The summed E-state index contributed by atoms with van der Waals surface area (Å²) in [6.45, 7) is 1.80. The standard InChI is InChI=1S/C21H28N2O3S/c1-24-17-11-16(12-18(25-2)21(17)26-3)19-13-23-20(27-19)14-22-10-9-15-7-5-4-6-8-15/h7,11-13,22H,4-6,8-10,14H2,1-3H3. The second-order valence-electron chi connectivity index (χ2n) is 6.57. The summed E-state index contributed by atoms with van der Waals surface area (Å²) in [5.74, 6) is 1.91. The molecule has 1 aliphatic carbocycles. The van der Waals surface area contributed by atoms with Crippen LogP contribution in [0.25, 0.3) is 10.4 Å². The highest BCUT2D eigenvalue weighted by Crippen LogP contribution is 2.42. The predicted octanol–water partition coefficient (Wildman–Crippen LogP) is 4.82. The summed E-state index contributed by atoms with van der Waals surface area (Å²) >= 11 is 1.68. The highest BCUT2D eigenvalue weighted by atomic mass is 32.1. The summed E-state index contributed by atoms with van der Waals surface area (Å²) in [6.07, 6.45) is 10.7. The molecule has 3 rings (SSSR count). The second-order valence-corrected chi connectivity index (χ2v) is 7.68. The first kappa shape index (κ1) is 19.7. The molecule has 0 saturated heterocycles. The molecule has 1 aliphatic rings. The predicted molar refractivity (Wildman–Crippen MR) is 110 cm³/mol. The molecule has 0 amide bonds. The van der Waals surface area contributed by atoms with Crippen LogP contribution in [0, 0.1) is 0 Å². The third-order valence-electron chi connectivity index (χ3n) is 4.79. The van der Waals surface area contributed by atoms with Gasteiger partial charge in [0.15, 0.2) is 11.5 Å². The summed E-state index contributed by atoms with van der Waals surface area (Å²) < 4.78 is 16.3. The zero-order chi connectivity index (χ0) is 19.1. The Morgan fingerprint density at radius 1 is 1.07 bits per heavy atom. The minimum atomic E-state index is 0.604. The maximum absolute atomic E-state index is 5.45. The van der Waals surface area contributed by atoms with Crippen molar-refractivity contribution in [2.45, 2.75) is 38.6 Å². The molecule has 1 aromatic carbocycles. The van der Waals surface area contributed by atoms with E-state index in [2.05, 4.69) is 16.4 Å². The first-order valence-electron chi connectivity index (χ1n) is 9.39. The quantitative estimate of drug-likeness (QED) is 0.493. The summed E-state index contributed by atoms with van der Waals surface area (Å²) in [5, 5.41) is 4.59. The average Bonchev–Trinajstić information content (AvgIpc) is 3.19. The van der Waals surface area contributed by atoms with E-state index in [1.54, 1.807) is 38.2 Å². The lowest BCUT2D eigenvalue weighted by atomic mass is 9.97. The fraction of sp³-hybridized carbons (Fsp3) is 0.476. The number of hydrogen-bond donors (Lipinski definition) is 1.